The average Bonchev–Trinajstić information content (AvgIpc) is 2.77. The van der Waals surface area contributed by atoms with Gasteiger partial charge in [-0.2, -0.15) is 0 Å². The van der Waals surface area contributed by atoms with Crippen molar-refractivity contribution in [3.63, 3.8) is 0 Å². The summed E-state index contributed by atoms with van der Waals surface area (Å²) in [5, 5.41) is 7.89. The summed E-state index contributed by atoms with van der Waals surface area (Å²) < 4.78 is 0. The van der Waals surface area contributed by atoms with Crippen molar-refractivity contribution in [1.82, 2.24) is 4.90 Å². The van der Waals surface area contributed by atoms with E-state index in [1.54, 1.807) is 0 Å². The number of nitrogens with two attached hydrogens (primary N) is 1. The van der Waals surface area contributed by atoms with Gasteiger partial charge in [0.1, 0.15) is 0 Å². The zero-order valence-electron chi connectivity index (χ0n) is 12.0. The summed E-state index contributed by atoms with van der Waals surface area (Å²) in [7, 11) is 0. The van der Waals surface area contributed by atoms with E-state index in [2.05, 4.69) is 30.9 Å². The van der Waals surface area contributed by atoms with Gasteiger partial charge in [0, 0.05) is 18.6 Å². The molecule has 1 aromatic carbocycles. The monoisotopic (exact) mass is 259 g/mol. The minimum Gasteiger partial charge on any atom is -0.387 e. The standard InChI is InChI=1S/C16H25N3/c1-3-14-10-9-12(2)19(14)11-15(16(17)18)13-7-5-4-6-8-13/h4-8,12,14-15H,3,9-11H2,1-2H3,(H3,17,18). The van der Waals surface area contributed by atoms with Gasteiger partial charge in [-0.3, -0.25) is 10.3 Å². The Kier molecular flexibility index (Phi) is 4.59. The maximum atomic E-state index is 7.89. The van der Waals surface area contributed by atoms with Crippen LogP contribution in [0.1, 0.15) is 44.6 Å². The van der Waals surface area contributed by atoms with Gasteiger partial charge in [0.05, 0.1) is 11.8 Å². The third-order valence-corrected chi connectivity index (χ3v) is 4.39. The molecule has 3 unspecified atom stereocenters. The van der Waals surface area contributed by atoms with Crippen molar-refractivity contribution < 1.29 is 0 Å². The Hall–Kier alpha value is -1.35. The molecule has 0 spiro atoms. The van der Waals surface area contributed by atoms with Crippen molar-refractivity contribution in [3.05, 3.63) is 35.9 Å². The van der Waals surface area contributed by atoms with Crippen molar-refractivity contribution in [2.24, 2.45) is 5.73 Å². The molecule has 0 aliphatic carbocycles. The molecular weight excluding hydrogens is 234 g/mol. The fourth-order valence-electron chi connectivity index (χ4n) is 3.17. The first-order valence-electron chi connectivity index (χ1n) is 7.28. The fourth-order valence-corrected chi connectivity index (χ4v) is 3.17. The Morgan fingerprint density at radius 1 is 1.37 bits per heavy atom. The van der Waals surface area contributed by atoms with Crippen LogP contribution in [0.3, 0.4) is 0 Å². The number of hydrogen-bond donors (Lipinski definition) is 2. The number of benzene rings is 1. The molecule has 3 heteroatoms. The molecule has 104 valence electrons. The van der Waals surface area contributed by atoms with Gasteiger partial charge < -0.3 is 5.73 Å². The molecule has 1 saturated heterocycles. The third-order valence-electron chi connectivity index (χ3n) is 4.39. The van der Waals surface area contributed by atoms with E-state index in [9.17, 15) is 0 Å². The van der Waals surface area contributed by atoms with Crippen LogP contribution in [0.15, 0.2) is 30.3 Å². The smallest absolute Gasteiger partial charge is 0.0995 e. The summed E-state index contributed by atoms with van der Waals surface area (Å²) in [6.07, 6.45) is 3.72. The van der Waals surface area contributed by atoms with Gasteiger partial charge in [0.15, 0.2) is 0 Å². The molecule has 1 heterocycles. The normalized spacial score (nSPS) is 25.4. The SMILES string of the molecule is CCC1CCC(C)N1CC(C(=N)N)c1ccccc1. The lowest BCUT2D eigenvalue weighted by molar-refractivity contribution is 0.196. The van der Waals surface area contributed by atoms with Gasteiger partial charge in [-0.15, -0.1) is 0 Å². The van der Waals surface area contributed by atoms with Gasteiger partial charge in [-0.1, -0.05) is 37.3 Å². The molecule has 3 atom stereocenters. The number of rotatable bonds is 5. The number of hydrogen-bond acceptors (Lipinski definition) is 2. The van der Waals surface area contributed by atoms with Crippen molar-refractivity contribution in [2.75, 3.05) is 6.54 Å². The lowest BCUT2D eigenvalue weighted by Crippen LogP contribution is -2.40. The molecule has 3 nitrogen and oxygen atoms in total. The Morgan fingerprint density at radius 2 is 2.05 bits per heavy atom. The molecule has 0 radical (unpaired) electrons. The van der Waals surface area contributed by atoms with Crippen LogP contribution in [0.4, 0.5) is 0 Å². The van der Waals surface area contributed by atoms with E-state index in [4.69, 9.17) is 11.1 Å². The van der Waals surface area contributed by atoms with E-state index in [-0.39, 0.29) is 11.8 Å². The molecule has 19 heavy (non-hydrogen) atoms. The van der Waals surface area contributed by atoms with Crippen LogP contribution in [0, 0.1) is 5.41 Å². The lowest BCUT2D eigenvalue weighted by atomic mass is 9.96. The van der Waals surface area contributed by atoms with E-state index in [1.807, 2.05) is 18.2 Å². The first kappa shape index (κ1) is 14.1. The second kappa shape index (κ2) is 6.20. The number of likely N-dealkylation sites (tertiary alicyclic amines) is 1. The summed E-state index contributed by atoms with van der Waals surface area (Å²) in [6.45, 7) is 5.41. The van der Waals surface area contributed by atoms with E-state index >= 15 is 0 Å². The molecule has 0 amide bonds. The maximum absolute atomic E-state index is 7.89. The molecule has 1 aliphatic rings. The van der Waals surface area contributed by atoms with E-state index in [0.29, 0.717) is 12.1 Å². The topological polar surface area (TPSA) is 53.1 Å². The second-order valence-corrected chi connectivity index (χ2v) is 5.60. The van der Waals surface area contributed by atoms with Crippen LogP contribution >= 0.6 is 0 Å². The van der Waals surface area contributed by atoms with Crippen LogP contribution in [-0.2, 0) is 0 Å². The predicted octanol–water partition coefficient (Wildman–Crippen LogP) is 2.97. The minimum absolute atomic E-state index is 0.0239. The van der Waals surface area contributed by atoms with Gasteiger partial charge in [0.25, 0.3) is 0 Å². The highest BCUT2D eigenvalue weighted by molar-refractivity contribution is 5.84. The molecule has 3 N–H and O–H groups in total. The zero-order chi connectivity index (χ0) is 13.8. The quantitative estimate of drug-likeness (QED) is 0.631. The van der Waals surface area contributed by atoms with Gasteiger partial charge in [-0.05, 0) is 31.7 Å². The highest BCUT2D eigenvalue weighted by atomic mass is 15.2. The van der Waals surface area contributed by atoms with Gasteiger partial charge in [0.2, 0.25) is 0 Å². The van der Waals surface area contributed by atoms with E-state index in [0.717, 1.165) is 12.1 Å². The van der Waals surface area contributed by atoms with E-state index < -0.39 is 0 Å². The van der Waals surface area contributed by atoms with Crippen molar-refractivity contribution in [1.29, 1.82) is 5.41 Å². The molecule has 0 aromatic heterocycles. The maximum Gasteiger partial charge on any atom is 0.0995 e. The third kappa shape index (κ3) is 3.16. The molecule has 0 bridgehead atoms. The van der Waals surface area contributed by atoms with Gasteiger partial charge in [-0.25, -0.2) is 0 Å². The summed E-state index contributed by atoms with van der Waals surface area (Å²) in [4.78, 5) is 2.54. The summed E-state index contributed by atoms with van der Waals surface area (Å²) in [6, 6.07) is 11.5. The first-order chi connectivity index (χ1) is 9.13. The number of amidine groups is 1. The van der Waals surface area contributed by atoms with Crippen LogP contribution in [0.5, 0.6) is 0 Å². The van der Waals surface area contributed by atoms with Crippen molar-refractivity contribution in [3.8, 4) is 0 Å². The van der Waals surface area contributed by atoms with Gasteiger partial charge >= 0.3 is 0 Å². The average molecular weight is 259 g/mol. The highest BCUT2D eigenvalue weighted by Gasteiger charge is 2.32. The molecule has 2 rings (SSSR count). The van der Waals surface area contributed by atoms with Crippen molar-refractivity contribution >= 4 is 5.84 Å². The summed E-state index contributed by atoms with van der Waals surface area (Å²) in [5.41, 5.74) is 6.99. The Labute approximate surface area is 116 Å². The van der Waals surface area contributed by atoms with Crippen LogP contribution in [-0.4, -0.2) is 29.4 Å². The van der Waals surface area contributed by atoms with Crippen LogP contribution in [0.25, 0.3) is 0 Å². The molecule has 0 saturated carbocycles. The Morgan fingerprint density at radius 3 is 2.63 bits per heavy atom. The largest absolute Gasteiger partial charge is 0.387 e. The second-order valence-electron chi connectivity index (χ2n) is 5.60. The molecule has 1 fully saturated rings. The highest BCUT2D eigenvalue weighted by Crippen LogP contribution is 2.29. The summed E-state index contributed by atoms with van der Waals surface area (Å²) >= 11 is 0. The number of nitrogens with zero attached hydrogens (tertiary/aromatic N) is 1. The molecule has 1 aliphatic heterocycles. The van der Waals surface area contributed by atoms with Crippen LogP contribution < -0.4 is 5.73 Å². The number of nitrogens with one attached hydrogen (secondary N) is 1. The predicted molar refractivity (Wildman–Crippen MR) is 80.6 cm³/mol. The zero-order valence-corrected chi connectivity index (χ0v) is 12.0. The van der Waals surface area contributed by atoms with E-state index in [1.165, 1.54) is 19.3 Å². The Bertz CT molecular complexity index is 415. The van der Waals surface area contributed by atoms with Crippen molar-refractivity contribution in [2.45, 2.75) is 51.1 Å². The molecular formula is C16H25N3. The summed E-state index contributed by atoms with van der Waals surface area (Å²) in [5.74, 6) is 0.302. The lowest BCUT2D eigenvalue weighted by Gasteiger charge is -2.31. The molecule has 1 aromatic rings. The minimum atomic E-state index is 0.0239. The fraction of sp³-hybridized carbons (Fsp3) is 0.562. The first-order valence-corrected chi connectivity index (χ1v) is 7.28. The Balaban J connectivity index is 2.15. The van der Waals surface area contributed by atoms with Crippen LogP contribution in [0.2, 0.25) is 0 Å².